The highest BCUT2D eigenvalue weighted by Gasteiger charge is 2.34. The van der Waals surface area contributed by atoms with Crippen LogP contribution in [-0.2, 0) is 10.0 Å². The average molecular weight is 288 g/mol. The van der Waals surface area contributed by atoms with E-state index in [0.29, 0.717) is 6.20 Å². The first-order chi connectivity index (χ1) is 7.66. The van der Waals surface area contributed by atoms with E-state index in [1.54, 1.807) is 0 Å². The molecule has 1 aromatic rings. The molecule has 0 aliphatic rings. The van der Waals surface area contributed by atoms with Gasteiger partial charge in [0.2, 0.25) is 10.0 Å². The number of nitro groups is 1. The lowest BCUT2D eigenvalue weighted by molar-refractivity contribution is -0.387. The molecule has 11 heteroatoms. The fourth-order valence-corrected chi connectivity index (χ4v) is 2.24. The van der Waals surface area contributed by atoms with E-state index in [1.807, 2.05) is 0 Å². The molecular formula is C6H4ClF2N3O4S. The maximum absolute atomic E-state index is 12.5. The van der Waals surface area contributed by atoms with E-state index < -0.39 is 42.7 Å². The number of aromatic nitrogens is 1. The van der Waals surface area contributed by atoms with Crippen molar-refractivity contribution in [3.05, 3.63) is 27.0 Å². The topological polar surface area (TPSA) is 116 Å². The van der Waals surface area contributed by atoms with Gasteiger partial charge in [-0.05, 0) is 0 Å². The number of rotatable bonds is 3. The Balaban J connectivity index is 3.82. The maximum Gasteiger partial charge on any atom is 0.311 e. The number of nitrogens with zero attached hydrogens (tertiary/aromatic N) is 2. The Morgan fingerprint density at radius 1 is 1.53 bits per heavy atom. The first-order valence-corrected chi connectivity index (χ1v) is 5.72. The monoisotopic (exact) mass is 287 g/mol. The van der Waals surface area contributed by atoms with Gasteiger partial charge in [-0.25, -0.2) is 22.3 Å². The van der Waals surface area contributed by atoms with Crippen molar-refractivity contribution >= 4 is 27.3 Å². The van der Waals surface area contributed by atoms with E-state index in [2.05, 4.69) is 10.1 Å². The van der Waals surface area contributed by atoms with E-state index in [9.17, 15) is 27.3 Å². The molecule has 0 aliphatic heterocycles. The Morgan fingerprint density at radius 3 is 2.41 bits per heavy atom. The minimum absolute atomic E-state index is 0.565. The lowest BCUT2D eigenvalue weighted by atomic mass is 10.3. The maximum atomic E-state index is 12.5. The van der Waals surface area contributed by atoms with Crippen molar-refractivity contribution in [3.63, 3.8) is 0 Å². The van der Waals surface area contributed by atoms with Crippen molar-refractivity contribution in [1.29, 1.82) is 0 Å². The predicted octanol–water partition coefficient (Wildman–Crippen LogP) is 1.23. The van der Waals surface area contributed by atoms with Crippen molar-refractivity contribution in [3.8, 4) is 0 Å². The number of pyridine rings is 1. The number of hydrogen-bond acceptors (Lipinski definition) is 5. The Bertz CT molecular complexity index is 577. The van der Waals surface area contributed by atoms with Crippen LogP contribution in [-0.4, -0.2) is 18.3 Å². The second-order valence-electron chi connectivity index (χ2n) is 2.77. The van der Waals surface area contributed by atoms with Crippen LogP contribution in [0.15, 0.2) is 11.1 Å². The van der Waals surface area contributed by atoms with Gasteiger partial charge in [-0.3, -0.25) is 15.1 Å². The minimum atomic E-state index is -4.75. The van der Waals surface area contributed by atoms with Gasteiger partial charge in [0.25, 0.3) is 6.43 Å². The van der Waals surface area contributed by atoms with E-state index in [4.69, 9.17) is 11.6 Å². The van der Waals surface area contributed by atoms with E-state index in [1.165, 1.54) is 0 Å². The summed E-state index contributed by atoms with van der Waals surface area (Å²) < 4.78 is 47.1. The highest BCUT2D eigenvalue weighted by molar-refractivity contribution is 7.89. The Labute approximate surface area is 98.4 Å². The van der Waals surface area contributed by atoms with Gasteiger partial charge in [-0.15, -0.1) is 0 Å². The third kappa shape index (κ3) is 2.65. The average Bonchev–Trinajstić information content (AvgIpc) is 2.14. The first-order valence-electron chi connectivity index (χ1n) is 3.80. The van der Waals surface area contributed by atoms with Gasteiger partial charge in [-0.1, -0.05) is 11.6 Å². The van der Waals surface area contributed by atoms with Gasteiger partial charge < -0.3 is 0 Å². The molecule has 0 saturated carbocycles. The van der Waals surface area contributed by atoms with Crippen LogP contribution in [0, 0.1) is 10.1 Å². The molecule has 0 saturated heterocycles. The van der Waals surface area contributed by atoms with Crippen molar-refractivity contribution < 1.29 is 22.1 Å². The van der Waals surface area contributed by atoms with E-state index in [0.717, 1.165) is 0 Å². The van der Waals surface area contributed by atoms with Crippen molar-refractivity contribution in [1.82, 2.24) is 4.98 Å². The number of hydrogen-bond donors (Lipinski definition) is 1. The SMILES string of the molecule is NS(=O)(=O)c1c(C(F)F)ncc(Cl)c1[N+](=O)[O-]. The zero-order chi connectivity index (χ0) is 13.4. The molecule has 2 N–H and O–H groups in total. The molecule has 0 spiro atoms. The molecule has 1 rings (SSSR count). The number of primary sulfonamides is 1. The first kappa shape index (κ1) is 13.7. The molecule has 0 bridgehead atoms. The summed E-state index contributed by atoms with van der Waals surface area (Å²) in [7, 11) is -4.75. The number of halogens is 3. The van der Waals surface area contributed by atoms with Crippen molar-refractivity contribution in [2.75, 3.05) is 0 Å². The van der Waals surface area contributed by atoms with E-state index in [-0.39, 0.29) is 0 Å². The number of nitrogens with two attached hydrogens (primary N) is 1. The van der Waals surface area contributed by atoms with Crippen molar-refractivity contribution in [2.24, 2.45) is 5.14 Å². The molecule has 0 aliphatic carbocycles. The number of sulfonamides is 1. The van der Waals surface area contributed by atoms with Gasteiger partial charge in [-0.2, -0.15) is 0 Å². The summed E-state index contributed by atoms with van der Waals surface area (Å²) in [6, 6.07) is 0. The molecular weight excluding hydrogens is 284 g/mol. The normalized spacial score (nSPS) is 11.8. The van der Waals surface area contributed by atoms with Crippen LogP contribution in [0.2, 0.25) is 5.02 Å². The van der Waals surface area contributed by atoms with Gasteiger partial charge in [0.15, 0.2) is 4.90 Å². The fraction of sp³-hybridized carbons (Fsp3) is 0.167. The summed E-state index contributed by atoms with van der Waals surface area (Å²) in [6.07, 6.45) is -2.77. The van der Waals surface area contributed by atoms with Gasteiger partial charge in [0.05, 0.1) is 11.1 Å². The smallest absolute Gasteiger partial charge is 0.258 e. The van der Waals surface area contributed by atoms with Gasteiger partial charge >= 0.3 is 5.69 Å². The minimum Gasteiger partial charge on any atom is -0.258 e. The second kappa shape index (κ2) is 4.47. The fourth-order valence-electron chi connectivity index (χ4n) is 1.08. The molecule has 0 unspecified atom stereocenters. The molecule has 1 heterocycles. The van der Waals surface area contributed by atoms with Crippen LogP contribution in [0.3, 0.4) is 0 Å². The zero-order valence-electron chi connectivity index (χ0n) is 7.80. The Kier molecular flexibility index (Phi) is 3.59. The second-order valence-corrected chi connectivity index (χ2v) is 4.68. The summed E-state index contributed by atoms with van der Waals surface area (Å²) >= 11 is 5.34. The van der Waals surface area contributed by atoms with Crippen LogP contribution in [0.4, 0.5) is 14.5 Å². The molecule has 0 aromatic carbocycles. The predicted molar refractivity (Wildman–Crippen MR) is 52.2 cm³/mol. The lowest BCUT2D eigenvalue weighted by Crippen LogP contribution is -2.18. The third-order valence-corrected chi connectivity index (χ3v) is 2.91. The zero-order valence-corrected chi connectivity index (χ0v) is 9.37. The molecule has 7 nitrogen and oxygen atoms in total. The summed E-state index contributed by atoms with van der Waals surface area (Å²) in [5.74, 6) is 0. The van der Waals surface area contributed by atoms with Crippen LogP contribution in [0.25, 0.3) is 0 Å². The molecule has 1 aromatic heterocycles. The highest BCUT2D eigenvalue weighted by atomic mass is 35.5. The molecule has 17 heavy (non-hydrogen) atoms. The van der Waals surface area contributed by atoms with Crippen LogP contribution in [0.5, 0.6) is 0 Å². The third-order valence-electron chi connectivity index (χ3n) is 1.66. The Hall–Kier alpha value is -1.39. The summed E-state index contributed by atoms with van der Waals surface area (Å²) in [5.41, 5.74) is -2.51. The number of alkyl halides is 2. The molecule has 0 radical (unpaired) electrons. The largest absolute Gasteiger partial charge is 0.311 e. The summed E-state index contributed by atoms with van der Waals surface area (Å²) in [6.45, 7) is 0. The molecule has 0 amide bonds. The Morgan fingerprint density at radius 2 is 2.06 bits per heavy atom. The van der Waals surface area contributed by atoms with Crippen LogP contribution >= 0.6 is 11.6 Å². The molecule has 94 valence electrons. The lowest BCUT2D eigenvalue weighted by Gasteiger charge is -2.07. The van der Waals surface area contributed by atoms with Crippen LogP contribution in [0.1, 0.15) is 12.1 Å². The standard InChI is InChI=1S/C6H4ClF2N3O4S/c7-2-1-11-3(6(8)9)5(17(10,15)16)4(2)12(13)14/h1,6H,(H2,10,15,16). The van der Waals surface area contributed by atoms with Gasteiger partial charge in [0.1, 0.15) is 10.7 Å². The summed E-state index contributed by atoms with van der Waals surface area (Å²) in [4.78, 5) is 11.1. The quantitative estimate of drug-likeness (QED) is 0.663. The van der Waals surface area contributed by atoms with Crippen molar-refractivity contribution in [2.45, 2.75) is 11.3 Å². The molecule has 0 atom stereocenters. The highest BCUT2D eigenvalue weighted by Crippen LogP contribution is 2.36. The van der Waals surface area contributed by atoms with Gasteiger partial charge in [0, 0.05) is 0 Å². The molecule has 0 fully saturated rings. The van der Waals surface area contributed by atoms with E-state index >= 15 is 0 Å². The summed E-state index contributed by atoms with van der Waals surface area (Å²) in [5, 5.41) is 14.5. The van der Waals surface area contributed by atoms with Crippen LogP contribution < -0.4 is 5.14 Å².